The first kappa shape index (κ1) is 19.7. The Bertz CT molecular complexity index is 1040. The van der Waals surface area contributed by atoms with Gasteiger partial charge in [-0.2, -0.15) is 18.2 Å². The minimum atomic E-state index is -4.72. The van der Waals surface area contributed by atoms with Gasteiger partial charge >= 0.3 is 6.18 Å². The van der Waals surface area contributed by atoms with Gasteiger partial charge in [0.1, 0.15) is 0 Å². The van der Waals surface area contributed by atoms with E-state index in [1.165, 1.54) is 14.2 Å². The van der Waals surface area contributed by atoms with Crippen molar-refractivity contribution in [3.05, 3.63) is 46.2 Å². The summed E-state index contributed by atoms with van der Waals surface area (Å²) in [7, 11) is 2.95. The number of halogens is 3. The Hall–Kier alpha value is -3.02. The van der Waals surface area contributed by atoms with E-state index >= 15 is 0 Å². The van der Waals surface area contributed by atoms with E-state index in [9.17, 15) is 18.0 Å². The fourth-order valence-electron chi connectivity index (χ4n) is 2.27. The predicted molar refractivity (Wildman–Crippen MR) is 92.3 cm³/mol. The summed E-state index contributed by atoms with van der Waals surface area (Å²) in [4.78, 5) is 21.2. The molecule has 8 nitrogen and oxygen atoms in total. The molecule has 2 heterocycles. The molecule has 0 aliphatic carbocycles. The first-order valence-electron chi connectivity index (χ1n) is 7.67. The Balaban J connectivity index is 1.80. The van der Waals surface area contributed by atoms with E-state index in [4.69, 9.17) is 14.0 Å². The highest BCUT2D eigenvalue weighted by molar-refractivity contribution is 7.98. The Morgan fingerprint density at radius 3 is 2.68 bits per heavy atom. The molecule has 148 valence electrons. The van der Waals surface area contributed by atoms with E-state index in [1.807, 2.05) is 0 Å². The first-order valence-corrected chi connectivity index (χ1v) is 8.65. The summed E-state index contributed by atoms with van der Waals surface area (Å²) in [5.41, 5.74) is -1.66. The number of para-hydroxylation sites is 1. The van der Waals surface area contributed by atoms with Crippen LogP contribution in [0.2, 0.25) is 0 Å². The lowest BCUT2D eigenvalue weighted by atomic mass is 10.2. The van der Waals surface area contributed by atoms with Crippen LogP contribution in [0.15, 0.2) is 38.7 Å². The van der Waals surface area contributed by atoms with Crippen molar-refractivity contribution in [2.45, 2.75) is 17.1 Å². The number of aromatic nitrogens is 4. The second-order valence-corrected chi connectivity index (χ2v) is 6.24. The molecule has 0 saturated carbocycles. The lowest BCUT2D eigenvalue weighted by Crippen LogP contribution is -2.16. The van der Waals surface area contributed by atoms with Gasteiger partial charge in [-0.3, -0.25) is 4.79 Å². The molecule has 1 N–H and O–H groups in total. The van der Waals surface area contributed by atoms with Crippen LogP contribution in [-0.2, 0) is 11.9 Å². The molecular weight excluding hydrogens is 401 g/mol. The molecule has 0 unspecified atom stereocenters. The van der Waals surface area contributed by atoms with Gasteiger partial charge in [-0.15, -0.1) is 0 Å². The van der Waals surface area contributed by atoms with Gasteiger partial charge in [0.15, 0.2) is 22.3 Å². The molecule has 0 aliphatic rings. The topological polar surface area (TPSA) is 103 Å². The van der Waals surface area contributed by atoms with Gasteiger partial charge in [0, 0.05) is 6.07 Å². The predicted octanol–water partition coefficient (Wildman–Crippen LogP) is 3.15. The molecule has 12 heteroatoms. The van der Waals surface area contributed by atoms with Crippen molar-refractivity contribution in [1.29, 1.82) is 0 Å². The number of benzene rings is 1. The van der Waals surface area contributed by atoms with Crippen LogP contribution in [0.1, 0.15) is 11.6 Å². The zero-order valence-electron chi connectivity index (χ0n) is 14.5. The molecule has 28 heavy (non-hydrogen) atoms. The van der Waals surface area contributed by atoms with Crippen LogP contribution in [-0.4, -0.2) is 34.3 Å². The van der Waals surface area contributed by atoms with Gasteiger partial charge in [-0.25, -0.2) is 4.98 Å². The highest BCUT2D eigenvalue weighted by Gasteiger charge is 2.33. The van der Waals surface area contributed by atoms with Gasteiger partial charge in [-0.1, -0.05) is 23.0 Å². The first-order chi connectivity index (χ1) is 13.3. The maximum atomic E-state index is 12.7. The highest BCUT2D eigenvalue weighted by Crippen LogP contribution is 2.36. The molecule has 1 aromatic carbocycles. The van der Waals surface area contributed by atoms with E-state index in [1.54, 1.807) is 18.2 Å². The van der Waals surface area contributed by atoms with E-state index in [0.29, 0.717) is 23.1 Å². The van der Waals surface area contributed by atoms with Crippen molar-refractivity contribution >= 4 is 11.8 Å². The van der Waals surface area contributed by atoms with Crippen molar-refractivity contribution < 1.29 is 27.2 Å². The zero-order valence-corrected chi connectivity index (χ0v) is 15.3. The van der Waals surface area contributed by atoms with E-state index in [-0.39, 0.29) is 22.6 Å². The SMILES string of the molecule is COc1cccc(-c2noc(CSc3nc(C(F)(F)F)cc(=O)[nH]3)n2)c1OC. The summed E-state index contributed by atoms with van der Waals surface area (Å²) in [5.74, 6) is 1.24. The van der Waals surface area contributed by atoms with Crippen LogP contribution in [0, 0.1) is 0 Å². The van der Waals surface area contributed by atoms with Gasteiger partial charge < -0.3 is 19.0 Å². The molecule has 0 saturated heterocycles. The fourth-order valence-corrected chi connectivity index (χ4v) is 2.98. The Morgan fingerprint density at radius 1 is 1.21 bits per heavy atom. The average Bonchev–Trinajstić information content (AvgIpc) is 3.13. The lowest BCUT2D eigenvalue weighted by Gasteiger charge is -2.09. The van der Waals surface area contributed by atoms with E-state index in [0.717, 1.165) is 11.8 Å². The third kappa shape index (κ3) is 4.27. The minimum absolute atomic E-state index is 0.00351. The summed E-state index contributed by atoms with van der Waals surface area (Å²) in [5, 5.41) is 3.64. The van der Waals surface area contributed by atoms with Crippen LogP contribution in [0.5, 0.6) is 11.5 Å². The van der Waals surface area contributed by atoms with Crippen molar-refractivity contribution in [1.82, 2.24) is 20.1 Å². The standard InChI is InChI=1S/C16H13F3N4O4S/c1-25-9-5-3-4-8(13(9)26-2)14-22-12(27-23-14)7-28-15-20-10(16(17,18)19)6-11(24)21-15/h3-6H,7H2,1-2H3,(H,20,21,24). The number of alkyl halides is 3. The number of aromatic amines is 1. The fraction of sp³-hybridized carbons (Fsp3) is 0.250. The zero-order chi connectivity index (χ0) is 20.3. The van der Waals surface area contributed by atoms with Gasteiger partial charge in [0.2, 0.25) is 11.7 Å². The molecule has 0 atom stereocenters. The third-order valence-electron chi connectivity index (χ3n) is 3.45. The van der Waals surface area contributed by atoms with Crippen molar-refractivity contribution in [3.63, 3.8) is 0 Å². The number of hydrogen-bond acceptors (Lipinski definition) is 8. The quantitative estimate of drug-likeness (QED) is 0.485. The Morgan fingerprint density at radius 2 is 2.00 bits per heavy atom. The van der Waals surface area contributed by atoms with Crippen LogP contribution in [0.25, 0.3) is 11.4 Å². The van der Waals surface area contributed by atoms with E-state index < -0.39 is 17.4 Å². The molecule has 2 aromatic heterocycles. The van der Waals surface area contributed by atoms with Crippen molar-refractivity contribution in [3.8, 4) is 22.9 Å². The third-order valence-corrected chi connectivity index (χ3v) is 4.31. The smallest absolute Gasteiger partial charge is 0.433 e. The Labute approximate surface area is 160 Å². The summed E-state index contributed by atoms with van der Waals surface area (Å²) < 4.78 is 53.9. The highest BCUT2D eigenvalue weighted by atomic mass is 32.2. The molecule has 0 spiro atoms. The minimum Gasteiger partial charge on any atom is -0.493 e. The molecule has 3 rings (SSSR count). The summed E-state index contributed by atoms with van der Waals surface area (Å²) in [6.45, 7) is 0. The second-order valence-electron chi connectivity index (χ2n) is 5.28. The van der Waals surface area contributed by atoms with Gasteiger partial charge in [0.05, 0.1) is 25.5 Å². The Kier molecular flexibility index (Phi) is 5.58. The number of H-pyrrole nitrogens is 1. The van der Waals surface area contributed by atoms with Crippen LogP contribution in [0.3, 0.4) is 0 Å². The van der Waals surface area contributed by atoms with Gasteiger partial charge in [0.25, 0.3) is 5.56 Å². The number of nitrogens with zero attached hydrogens (tertiary/aromatic N) is 3. The monoisotopic (exact) mass is 414 g/mol. The molecule has 3 aromatic rings. The summed E-state index contributed by atoms with van der Waals surface area (Å²) in [6.07, 6.45) is -4.72. The van der Waals surface area contributed by atoms with Gasteiger partial charge in [-0.05, 0) is 12.1 Å². The van der Waals surface area contributed by atoms with Crippen LogP contribution in [0.4, 0.5) is 13.2 Å². The summed E-state index contributed by atoms with van der Waals surface area (Å²) >= 11 is 0.825. The molecular formula is C16H13F3N4O4S. The van der Waals surface area contributed by atoms with E-state index in [2.05, 4.69) is 20.1 Å². The largest absolute Gasteiger partial charge is 0.493 e. The number of nitrogens with one attached hydrogen (secondary N) is 1. The number of rotatable bonds is 6. The maximum Gasteiger partial charge on any atom is 0.433 e. The molecule has 0 aliphatic heterocycles. The number of ether oxygens (including phenoxy) is 2. The van der Waals surface area contributed by atoms with Crippen LogP contribution < -0.4 is 15.0 Å². The summed E-state index contributed by atoms with van der Waals surface area (Å²) in [6, 6.07) is 5.52. The number of methoxy groups -OCH3 is 2. The van der Waals surface area contributed by atoms with Crippen LogP contribution >= 0.6 is 11.8 Å². The average molecular weight is 414 g/mol. The lowest BCUT2D eigenvalue weighted by molar-refractivity contribution is -0.141. The normalized spacial score (nSPS) is 11.5. The molecule has 0 radical (unpaired) electrons. The number of thioether (sulfide) groups is 1. The molecule has 0 amide bonds. The molecule has 0 bridgehead atoms. The van der Waals surface area contributed by atoms with Crippen molar-refractivity contribution in [2.75, 3.05) is 14.2 Å². The van der Waals surface area contributed by atoms with Crippen molar-refractivity contribution in [2.24, 2.45) is 0 Å². The molecule has 0 fully saturated rings. The second kappa shape index (κ2) is 7.92. The number of hydrogen-bond donors (Lipinski definition) is 1. The maximum absolute atomic E-state index is 12.7.